The zero-order valence-corrected chi connectivity index (χ0v) is 13.1. The Hall–Kier alpha value is -3.22. The van der Waals surface area contributed by atoms with Gasteiger partial charge in [0, 0.05) is 18.0 Å². The molecule has 7 heteroatoms. The molecule has 0 bridgehead atoms. The third-order valence-electron chi connectivity index (χ3n) is 2.86. The van der Waals surface area contributed by atoms with Crippen molar-refractivity contribution in [2.75, 3.05) is 13.2 Å². The number of hydrazone groups is 1. The number of nitrogens with one attached hydrogen (secondary N) is 1. The van der Waals surface area contributed by atoms with Gasteiger partial charge in [-0.2, -0.15) is 5.10 Å². The average Bonchev–Trinajstić information content (AvgIpc) is 2.62. The lowest BCUT2D eigenvalue weighted by Gasteiger charge is -2.05. The molecule has 0 aliphatic heterocycles. The first kappa shape index (κ1) is 17.1. The van der Waals surface area contributed by atoms with Gasteiger partial charge in [-0.15, -0.1) is 0 Å². The number of aromatic nitrogens is 1. The van der Waals surface area contributed by atoms with Gasteiger partial charge < -0.3 is 9.47 Å². The molecule has 0 aliphatic carbocycles. The molecular formula is C17H17N3O4. The van der Waals surface area contributed by atoms with Crippen molar-refractivity contribution in [3.8, 4) is 5.75 Å². The van der Waals surface area contributed by atoms with Gasteiger partial charge in [0.05, 0.1) is 12.8 Å². The van der Waals surface area contributed by atoms with E-state index in [0.717, 1.165) is 5.56 Å². The van der Waals surface area contributed by atoms with Crippen LogP contribution in [0, 0.1) is 0 Å². The lowest BCUT2D eigenvalue weighted by molar-refractivity contribution is -0.145. The summed E-state index contributed by atoms with van der Waals surface area (Å²) >= 11 is 0. The van der Waals surface area contributed by atoms with Gasteiger partial charge >= 0.3 is 5.97 Å². The van der Waals surface area contributed by atoms with Crippen LogP contribution in [0.1, 0.15) is 22.8 Å². The van der Waals surface area contributed by atoms with Gasteiger partial charge in [0.2, 0.25) is 0 Å². The fourth-order valence-electron chi connectivity index (χ4n) is 1.73. The molecule has 0 spiro atoms. The molecule has 2 aromatic rings. The van der Waals surface area contributed by atoms with E-state index in [-0.39, 0.29) is 12.5 Å². The Morgan fingerprint density at radius 2 is 1.88 bits per heavy atom. The maximum Gasteiger partial charge on any atom is 0.344 e. The summed E-state index contributed by atoms with van der Waals surface area (Å²) in [6.07, 6.45) is 4.58. The summed E-state index contributed by atoms with van der Waals surface area (Å²) in [6, 6.07) is 10.1. The van der Waals surface area contributed by atoms with Gasteiger partial charge in [0.1, 0.15) is 5.75 Å². The predicted molar refractivity (Wildman–Crippen MR) is 87.9 cm³/mol. The summed E-state index contributed by atoms with van der Waals surface area (Å²) in [5, 5.41) is 3.89. The van der Waals surface area contributed by atoms with Gasteiger partial charge in [-0.25, -0.2) is 10.2 Å². The summed E-state index contributed by atoms with van der Waals surface area (Å²) in [5.74, 6) is -0.189. The van der Waals surface area contributed by atoms with Gasteiger partial charge in [-0.3, -0.25) is 9.78 Å². The average molecular weight is 327 g/mol. The zero-order valence-electron chi connectivity index (χ0n) is 13.1. The Morgan fingerprint density at radius 3 is 2.54 bits per heavy atom. The molecule has 0 aliphatic rings. The molecule has 1 N–H and O–H groups in total. The van der Waals surface area contributed by atoms with Gasteiger partial charge in [0.25, 0.3) is 5.91 Å². The van der Waals surface area contributed by atoms with Gasteiger partial charge in [0.15, 0.2) is 6.61 Å². The molecule has 0 saturated carbocycles. The van der Waals surface area contributed by atoms with Crippen LogP contribution in [-0.2, 0) is 9.53 Å². The van der Waals surface area contributed by atoms with E-state index in [1.54, 1.807) is 43.3 Å². The smallest absolute Gasteiger partial charge is 0.344 e. The minimum absolute atomic E-state index is 0.136. The maximum atomic E-state index is 11.8. The molecule has 1 aromatic heterocycles. The monoisotopic (exact) mass is 327 g/mol. The lowest BCUT2D eigenvalue weighted by Crippen LogP contribution is -2.17. The minimum Gasteiger partial charge on any atom is -0.482 e. The van der Waals surface area contributed by atoms with Crippen molar-refractivity contribution < 1.29 is 19.1 Å². The van der Waals surface area contributed by atoms with E-state index in [9.17, 15) is 9.59 Å². The van der Waals surface area contributed by atoms with Crippen LogP contribution in [0.25, 0.3) is 0 Å². The second kappa shape index (κ2) is 9.04. The number of carbonyl (C=O) groups is 2. The second-order valence-corrected chi connectivity index (χ2v) is 4.60. The number of hydrogen-bond donors (Lipinski definition) is 1. The number of esters is 1. The Balaban J connectivity index is 1.83. The van der Waals surface area contributed by atoms with Crippen LogP contribution < -0.4 is 10.2 Å². The number of carbonyl (C=O) groups excluding carboxylic acids is 2. The Kier molecular flexibility index (Phi) is 6.46. The number of ether oxygens (including phenoxy) is 2. The number of pyridine rings is 1. The molecule has 0 radical (unpaired) electrons. The summed E-state index contributed by atoms with van der Waals surface area (Å²) in [6.45, 7) is 1.92. The highest BCUT2D eigenvalue weighted by Gasteiger charge is 2.03. The molecule has 124 valence electrons. The summed E-state index contributed by atoms with van der Waals surface area (Å²) in [5.41, 5.74) is 3.67. The number of amides is 1. The fourth-order valence-corrected chi connectivity index (χ4v) is 1.73. The van der Waals surface area contributed by atoms with Crippen LogP contribution in [0.5, 0.6) is 5.75 Å². The van der Waals surface area contributed by atoms with E-state index in [1.165, 1.54) is 18.6 Å². The lowest BCUT2D eigenvalue weighted by atomic mass is 10.2. The van der Waals surface area contributed by atoms with E-state index in [1.807, 2.05) is 0 Å². The predicted octanol–water partition coefficient (Wildman–Crippen LogP) is 1.79. The first-order valence-corrected chi connectivity index (χ1v) is 7.31. The normalized spacial score (nSPS) is 10.4. The third kappa shape index (κ3) is 5.53. The fraction of sp³-hybridized carbons (Fsp3) is 0.176. The molecule has 0 atom stereocenters. The molecule has 1 amide bonds. The molecule has 24 heavy (non-hydrogen) atoms. The van der Waals surface area contributed by atoms with Gasteiger partial charge in [-0.05, 0) is 48.9 Å². The zero-order chi connectivity index (χ0) is 17.2. The second-order valence-electron chi connectivity index (χ2n) is 4.60. The maximum absolute atomic E-state index is 11.8. The van der Waals surface area contributed by atoms with Crippen LogP contribution in [0.15, 0.2) is 53.9 Å². The largest absolute Gasteiger partial charge is 0.482 e. The highest BCUT2D eigenvalue weighted by Crippen LogP contribution is 2.11. The van der Waals surface area contributed by atoms with Crippen molar-refractivity contribution in [3.63, 3.8) is 0 Å². The number of nitrogens with zero attached hydrogens (tertiary/aromatic N) is 2. The van der Waals surface area contributed by atoms with Crippen molar-refractivity contribution in [2.45, 2.75) is 6.92 Å². The van der Waals surface area contributed by atoms with E-state index in [4.69, 9.17) is 9.47 Å². The van der Waals surface area contributed by atoms with Crippen molar-refractivity contribution in [1.82, 2.24) is 10.4 Å². The highest BCUT2D eigenvalue weighted by molar-refractivity contribution is 5.94. The van der Waals surface area contributed by atoms with E-state index >= 15 is 0 Å². The molecule has 1 heterocycles. The third-order valence-corrected chi connectivity index (χ3v) is 2.86. The number of rotatable bonds is 7. The van der Waals surface area contributed by atoms with E-state index < -0.39 is 5.97 Å². The van der Waals surface area contributed by atoms with Crippen LogP contribution in [0.2, 0.25) is 0 Å². The first-order valence-electron chi connectivity index (χ1n) is 7.31. The van der Waals surface area contributed by atoms with E-state index in [0.29, 0.717) is 17.9 Å². The summed E-state index contributed by atoms with van der Waals surface area (Å²) in [7, 11) is 0. The molecule has 1 aromatic carbocycles. The standard InChI is InChI=1S/C17H17N3O4/c1-2-23-16(21)12-24-15-5-3-13(4-6-15)11-19-20-17(22)14-7-9-18-10-8-14/h3-11H,2,12H2,1H3,(H,20,22). The van der Waals surface area contributed by atoms with Crippen LogP contribution >= 0.6 is 0 Å². The van der Waals surface area contributed by atoms with Crippen LogP contribution in [0.3, 0.4) is 0 Å². The van der Waals surface area contributed by atoms with Crippen molar-refractivity contribution >= 4 is 18.1 Å². The minimum atomic E-state index is -0.415. The Bertz CT molecular complexity index is 700. The highest BCUT2D eigenvalue weighted by atomic mass is 16.6. The molecule has 2 rings (SSSR count). The van der Waals surface area contributed by atoms with Crippen molar-refractivity contribution in [3.05, 3.63) is 59.9 Å². The van der Waals surface area contributed by atoms with E-state index in [2.05, 4.69) is 15.5 Å². The van der Waals surface area contributed by atoms with Crippen LogP contribution in [0.4, 0.5) is 0 Å². The number of benzene rings is 1. The summed E-state index contributed by atoms with van der Waals surface area (Å²) in [4.78, 5) is 26.8. The molecular weight excluding hydrogens is 310 g/mol. The van der Waals surface area contributed by atoms with Gasteiger partial charge in [-0.1, -0.05) is 0 Å². The van der Waals surface area contributed by atoms with Crippen molar-refractivity contribution in [1.29, 1.82) is 0 Å². The Morgan fingerprint density at radius 1 is 1.17 bits per heavy atom. The molecule has 0 saturated heterocycles. The van der Waals surface area contributed by atoms with Crippen molar-refractivity contribution in [2.24, 2.45) is 5.10 Å². The molecule has 0 fully saturated rings. The topological polar surface area (TPSA) is 89.9 Å². The Labute approximate surface area is 139 Å². The summed E-state index contributed by atoms with van der Waals surface area (Å²) < 4.78 is 10.1. The first-order chi connectivity index (χ1) is 11.7. The quantitative estimate of drug-likeness (QED) is 0.476. The van der Waals surface area contributed by atoms with Crippen LogP contribution in [-0.4, -0.2) is 36.3 Å². The SMILES string of the molecule is CCOC(=O)COc1ccc(C=NNC(=O)c2ccncc2)cc1. The number of hydrogen-bond acceptors (Lipinski definition) is 6. The molecule has 0 unspecified atom stereocenters. The molecule has 7 nitrogen and oxygen atoms in total.